The lowest BCUT2D eigenvalue weighted by molar-refractivity contribution is 0.0370. The smallest absolute Gasteiger partial charge is 0.380 e. The summed E-state index contributed by atoms with van der Waals surface area (Å²) in [6, 6.07) is 25.0. The van der Waals surface area contributed by atoms with E-state index in [1.807, 2.05) is 46.0 Å². The topological polar surface area (TPSA) is 193 Å². The molecule has 3 aromatic carbocycles. The monoisotopic (exact) mass is 982 g/mol. The highest BCUT2D eigenvalue weighted by molar-refractivity contribution is 7.99. The number of sulfone groups is 1. The molecule has 5 heterocycles. The molecule has 0 radical (unpaired) electrons. The van der Waals surface area contributed by atoms with Gasteiger partial charge in [0.15, 0.2) is 5.13 Å². The first-order valence-corrected chi connectivity index (χ1v) is 25.4. The second-order valence-electron chi connectivity index (χ2n) is 15.0. The van der Waals surface area contributed by atoms with Crippen molar-refractivity contribution < 1.29 is 39.9 Å². The number of thioether (sulfide) groups is 1. The summed E-state index contributed by atoms with van der Waals surface area (Å²) in [5.41, 5.74) is 2.17. The van der Waals surface area contributed by atoms with Crippen molar-refractivity contribution in [3.8, 4) is 0 Å². The lowest BCUT2D eigenvalue weighted by atomic mass is 9.94. The molecule has 0 saturated carbocycles. The number of nitrogens with zero attached hydrogens (tertiary/aromatic N) is 5. The van der Waals surface area contributed by atoms with Gasteiger partial charge in [0.25, 0.3) is 31.7 Å². The maximum Gasteiger partial charge on any atom is 0.427 e. The predicted molar refractivity (Wildman–Crippen MR) is 246 cm³/mol. The molecular weight excluding hydrogens is 942 g/mol. The summed E-state index contributed by atoms with van der Waals surface area (Å²) >= 11 is 7.87. The molecule has 3 aromatic heterocycles. The molecule has 0 bridgehead atoms. The van der Waals surface area contributed by atoms with Gasteiger partial charge >= 0.3 is 4.71 Å². The molecule has 0 aliphatic carbocycles. The Morgan fingerprint density at radius 1 is 0.908 bits per heavy atom. The second-order valence-corrected chi connectivity index (χ2v) is 21.5. The molecule has 1 fully saturated rings. The summed E-state index contributed by atoms with van der Waals surface area (Å²) < 4.78 is 86.0. The number of sulfonamides is 1. The Labute approximate surface area is 386 Å². The highest BCUT2D eigenvalue weighted by Crippen LogP contribution is 2.38. The molecule has 0 spiro atoms. The molecule has 65 heavy (non-hydrogen) atoms. The van der Waals surface area contributed by atoms with Gasteiger partial charge < -0.3 is 15.0 Å². The minimum atomic E-state index is -5.68. The number of halogens is 3. The summed E-state index contributed by atoms with van der Waals surface area (Å²) in [6.45, 7) is 3.77. The fourth-order valence-corrected chi connectivity index (χ4v) is 11.4. The molecule has 3 N–H and O–H groups in total. The number of rotatable bonds is 16. The Morgan fingerprint density at radius 2 is 1.69 bits per heavy atom. The highest BCUT2D eigenvalue weighted by atomic mass is 35.5. The van der Waals surface area contributed by atoms with Crippen molar-refractivity contribution >= 4 is 93.4 Å². The van der Waals surface area contributed by atoms with Crippen molar-refractivity contribution in [2.75, 3.05) is 60.7 Å². The van der Waals surface area contributed by atoms with Crippen LogP contribution in [-0.4, -0.2) is 104 Å². The number of amides is 2. The quantitative estimate of drug-likeness (QED) is 0.0672. The van der Waals surface area contributed by atoms with Crippen LogP contribution in [0.4, 0.5) is 25.4 Å². The minimum absolute atomic E-state index is 0.235. The Balaban J connectivity index is 1.000. The van der Waals surface area contributed by atoms with Crippen LogP contribution in [0.25, 0.3) is 10.3 Å². The van der Waals surface area contributed by atoms with Crippen LogP contribution in [0, 0.1) is 0 Å². The first kappa shape index (κ1) is 46.2. The number of carbonyl (C=O) groups excluding carboxylic acids is 2. The second kappa shape index (κ2) is 19.7. The van der Waals surface area contributed by atoms with E-state index in [0.717, 1.165) is 28.2 Å². The zero-order valence-corrected chi connectivity index (χ0v) is 38.3. The van der Waals surface area contributed by atoms with E-state index >= 15 is 0 Å². The Hall–Kier alpha value is -5.29. The van der Waals surface area contributed by atoms with Gasteiger partial charge in [-0.25, -0.2) is 36.5 Å². The van der Waals surface area contributed by atoms with Crippen LogP contribution in [0.5, 0.6) is 0 Å². The van der Waals surface area contributed by atoms with Crippen LogP contribution < -0.4 is 20.3 Å². The van der Waals surface area contributed by atoms with Gasteiger partial charge in [-0.15, -0.1) is 11.8 Å². The summed E-state index contributed by atoms with van der Waals surface area (Å²) in [5, 5.41) is 6.34. The number of morpholine rings is 1. The Morgan fingerprint density at radius 3 is 2.46 bits per heavy atom. The van der Waals surface area contributed by atoms with Crippen molar-refractivity contribution in [2.24, 2.45) is 0 Å². The first-order chi connectivity index (χ1) is 31.1. The lowest BCUT2D eigenvalue weighted by Gasteiger charge is -2.31. The van der Waals surface area contributed by atoms with Crippen molar-refractivity contribution in [3.05, 3.63) is 126 Å². The number of aromatic nitrogens is 3. The molecule has 22 heteroatoms. The maximum absolute atomic E-state index is 14.7. The fraction of sp³-hybridized carbons (Fsp3) is 0.279. The number of benzene rings is 3. The van der Waals surface area contributed by atoms with E-state index < -0.39 is 46.3 Å². The van der Waals surface area contributed by atoms with Crippen LogP contribution in [0.3, 0.4) is 0 Å². The van der Waals surface area contributed by atoms with Crippen LogP contribution in [0.2, 0.25) is 0 Å². The third-order valence-electron chi connectivity index (χ3n) is 10.7. The molecule has 2 amide bonds. The van der Waals surface area contributed by atoms with Gasteiger partial charge in [0.1, 0.15) is 21.9 Å². The van der Waals surface area contributed by atoms with E-state index in [-0.39, 0.29) is 23.8 Å². The molecule has 2 aliphatic rings. The molecule has 1 atom stereocenters. The number of anilines is 3. The number of fused-ring (bicyclic) bond motifs is 2. The van der Waals surface area contributed by atoms with E-state index in [9.17, 15) is 35.2 Å². The van der Waals surface area contributed by atoms with E-state index in [1.54, 1.807) is 36.5 Å². The Kier molecular flexibility index (Phi) is 14.0. The molecule has 15 nitrogen and oxygen atoms in total. The van der Waals surface area contributed by atoms with Gasteiger partial charge in [0.05, 0.1) is 28.7 Å². The molecular formula is C43H41ClF2N8O7S4. The maximum atomic E-state index is 14.7. The van der Waals surface area contributed by atoms with Gasteiger partial charge in [-0.05, 0) is 96.2 Å². The van der Waals surface area contributed by atoms with Crippen LogP contribution >= 0.6 is 34.7 Å². The SMILES string of the molecule is O=C(NS(=O)(=O)c1ccc(N[C@H](CCN2CCOCC2)CSc2ccccc2)c(S(=O)(=O)C(F)(F)Cl)c1)c1cccc(N2CCc3cccc(C(=O)Nc4nc5cccnc5s4)c3C2)n1. The molecule has 340 valence electrons. The average Bonchev–Trinajstić information content (AvgIpc) is 3.72. The van der Waals surface area contributed by atoms with Gasteiger partial charge in [-0.3, -0.25) is 19.8 Å². The number of alkyl halides is 3. The lowest BCUT2D eigenvalue weighted by Crippen LogP contribution is -2.39. The minimum Gasteiger partial charge on any atom is -0.380 e. The van der Waals surface area contributed by atoms with Crippen molar-refractivity contribution in [1.29, 1.82) is 0 Å². The number of hydrogen-bond acceptors (Lipinski definition) is 15. The number of nitrogens with one attached hydrogen (secondary N) is 3. The van der Waals surface area contributed by atoms with Gasteiger partial charge in [-0.2, -0.15) is 8.78 Å². The number of hydrogen-bond donors (Lipinski definition) is 3. The first-order valence-electron chi connectivity index (χ1n) is 20.3. The van der Waals surface area contributed by atoms with E-state index in [1.165, 1.54) is 35.2 Å². The van der Waals surface area contributed by atoms with E-state index in [0.29, 0.717) is 90.9 Å². The Bertz CT molecular complexity index is 2910. The largest absolute Gasteiger partial charge is 0.427 e. The normalized spacial score (nSPS) is 15.3. The fourth-order valence-electron chi connectivity index (χ4n) is 7.37. The van der Waals surface area contributed by atoms with Gasteiger partial charge in [0.2, 0.25) is 0 Å². The van der Waals surface area contributed by atoms with Crippen LogP contribution in [-0.2, 0) is 37.6 Å². The number of carbonyl (C=O) groups is 2. The molecule has 1 saturated heterocycles. The summed E-state index contributed by atoms with van der Waals surface area (Å²) in [4.78, 5) is 44.1. The number of ether oxygens (including phenoxy) is 1. The highest BCUT2D eigenvalue weighted by Gasteiger charge is 2.46. The third-order valence-corrected chi connectivity index (χ3v) is 16.3. The summed E-state index contributed by atoms with van der Waals surface area (Å²) in [6.07, 6.45) is 2.65. The zero-order valence-electron chi connectivity index (χ0n) is 34.3. The van der Waals surface area contributed by atoms with Crippen LogP contribution in [0.15, 0.2) is 118 Å². The predicted octanol–water partition coefficient (Wildman–Crippen LogP) is 6.88. The number of thiazole rings is 1. The molecule has 8 rings (SSSR count). The van der Waals surface area contributed by atoms with Crippen molar-refractivity contribution in [1.82, 2.24) is 24.6 Å². The summed E-state index contributed by atoms with van der Waals surface area (Å²) in [7, 11) is -10.6. The van der Waals surface area contributed by atoms with Crippen LogP contribution in [0.1, 0.15) is 38.4 Å². The third kappa shape index (κ3) is 10.9. The summed E-state index contributed by atoms with van der Waals surface area (Å²) in [5.74, 6) is -0.814. The molecule has 0 unspecified atom stereocenters. The van der Waals surface area contributed by atoms with E-state index in [2.05, 4.69) is 30.5 Å². The van der Waals surface area contributed by atoms with Crippen molar-refractivity contribution in [3.63, 3.8) is 0 Å². The van der Waals surface area contributed by atoms with Gasteiger partial charge in [-0.1, -0.05) is 47.7 Å². The molecule has 6 aromatic rings. The molecule has 2 aliphatic heterocycles. The van der Waals surface area contributed by atoms with Crippen molar-refractivity contribution in [2.45, 2.75) is 44.8 Å². The zero-order chi connectivity index (χ0) is 45.8. The average molecular weight is 984 g/mol. The standard InChI is InChI=1S/C43H41ClF2N8O7S4/c44-43(45,46)64(57,58)37-25-31(14-15-34(37)48-29(17-19-53-21-23-61-24-22-53)27-62-30-8-2-1-3-9-30)65(59,60)52-40(56)35-11-5-13-38(49-35)54-20-16-28-7-4-10-32(33(28)26-54)39(55)51-42-50-36-12-6-18-47-41(36)63-42/h1-15,18,25,29,48H,16-17,19-24,26-27H2,(H,52,56)(H,50,51,55)/t29-/m1/s1. The van der Waals surface area contributed by atoms with Gasteiger partial charge in [0, 0.05) is 61.2 Å². The number of pyridine rings is 2. The van der Waals surface area contributed by atoms with E-state index in [4.69, 9.17) is 16.3 Å².